The number of anilines is 1. The molecule has 0 bridgehead atoms. The van der Waals surface area contributed by atoms with Gasteiger partial charge in [-0.25, -0.2) is 0 Å². The molecular weight excluding hydrogens is 345 g/mol. The average molecular weight is 357 g/mol. The quantitative estimate of drug-likeness (QED) is 0.874. The zero-order valence-corrected chi connectivity index (χ0v) is 13.1. The van der Waals surface area contributed by atoms with E-state index < -0.39 is 29.1 Å². The normalized spacial score (nSPS) is 11.0. The Balaban J connectivity index is 2.40. The Labute approximate surface area is 140 Å². The molecule has 8 heteroatoms. The molecule has 0 aliphatic carbocycles. The first-order chi connectivity index (χ1) is 11.2. The number of halogens is 4. The zero-order chi connectivity index (χ0) is 17.9. The highest BCUT2D eigenvalue weighted by molar-refractivity contribution is 6.31. The van der Waals surface area contributed by atoms with E-state index >= 15 is 0 Å². The van der Waals surface area contributed by atoms with Gasteiger partial charge in [0.05, 0.1) is 22.4 Å². The molecule has 2 N–H and O–H groups in total. The third-order valence-electron chi connectivity index (χ3n) is 3.18. The van der Waals surface area contributed by atoms with E-state index in [0.29, 0.717) is 0 Å². The number of benzene rings is 2. The molecule has 2 amide bonds. The highest BCUT2D eigenvalue weighted by atomic mass is 35.5. The molecule has 4 nitrogen and oxygen atoms in total. The van der Waals surface area contributed by atoms with Crippen LogP contribution in [-0.2, 0) is 6.18 Å². The summed E-state index contributed by atoms with van der Waals surface area (Å²) >= 11 is 5.82. The molecule has 0 spiro atoms. The molecule has 0 aromatic heterocycles. The second-order valence-electron chi connectivity index (χ2n) is 4.77. The predicted octanol–water partition coefficient (Wildman–Crippen LogP) is 3.97. The summed E-state index contributed by atoms with van der Waals surface area (Å²) in [7, 11) is 1.38. The summed E-state index contributed by atoms with van der Waals surface area (Å²) in [5.74, 6) is -1.51. The number of carbonyl (C=O) groups excluding carboxylic acids is 2. The van der Waals surface area contributed by atoms with Crippen molar-refractivity contribution in [1.29, 1.82) is 0 Å². The zero-order valence-electron chi connectivity index (χ0n) is 12.4. The highest BCUT2D eigenvalue weighted by Crippen LogP contribution is 2.32. The SMILES string of the molecule is CNC(=O)c1cc(Cl)ccc1NC(=O)c1ccccc1C(F)(F)F. The van der Waals surface area contributed by atoms with Gasteiger partial charge >= 0.3 is 6.18 Å². The van der Waals surface area contributed by atoms with Gasteiger partial charge in [-0.1, -0.05) is 23.7 Å². The fourth-order valence-electron chi connectivity index (χ4n) is 2.07. The minimum absolute atomic E-state index is 0.0443. The summed E-state index contributed by atoms with van der Waals surface area (Å²) in [5, 5.41) is 4.94. The minimum Gasteiger partial charge on any atom is -0.355 e. The Morgan fingerprint density at radius 1 is 1.00 bits per heavy atom. The summed E-state index contributed by atoms with van der Waals surface area (Å²) in [6.45, 7) is 0. The van der Waals surface area contributed by atoms with E-state index in [1.54, 1.807) is 0 Å². The summed E-state index contributed by atoms with van der Waals surface area (Å²) in [4.78, 5) is 24.1. The number of hydrogen-bond acceptors (Lipinski definition) is 2. The Hall–Kier alpha value is -2.54. The smallest absolute Gasteiger partial charge is 0.355 e. The number of carbonyl (C=O) groups is 2. The van der Waals surface area contributed by atoms with Crippen LogP contribution in [0.3, 0.4) is 0 Å². The van der Waals surface area contributed by atoms with Gasteiger partial charge in [-0.3, -0.25) is 9.59 Å². The van der Waals surface area contributed by atoms with Crippen molar-refractivity contribution >= 4 is 29.1 Å². The number of alkyl halides is 3. The van der Waals surface area contributed by atoms with Crippen LogP contribution >= 0.6 is 11.6 Å². The second-order valence-corrected chi connectivity index (χ2v) is 5.20. The Morgan fingerprint density at radius 2 is 1.67 bits per heavy atom. The van der Waals surface area contributed by atoms with E-state index in [4.69, 9.17) is 11.6 Å². The molecule has 2 rings (SSSR count). The third kappa shape index (κ3) is 3.86. The van der Waals surface area contributed by atoms with Crippen molar-refractivity contribution in [3.05, 3.63) is 64.2 Å². The van der Waals surface area contributed by atoms with Crippen LogP contribution < -0.4 is 10.6 Å². The molecule has 0 aliphatic heterocycles. The molecule has 0 fully saturated rings. The van der Waals surface area contributed by atoms with Crippen molar-refractivity contribution in [1.82, 2.24) is 5.32 Å². The van der Waals surface area contributed by atoms with Crippen LogP contribution in [0.15, 0.2) is 42.5 Å². The van der Waals surface area contributed by atoms with E-state index in [1.165, 1.54) is 37.4 Å². The fraction of sp³-hybridized carbons (Fsp3) is 0.125. The monoisotopic (exact) mass is 356 g/mol. The van der Waals surface area contributed by atoms with Crippen LogP contribution in [0.25, 0.3) is 0 Å². The minimum atomic E-state index is -4.67. The highest BCUT2D eigenvalue weighted by Gasteiger charge is 2.35. The van der Waals surface area contributed by atoms with Gasteiger partial charge in [0, 0.05) is 12.1 Å². The maximum absolute atomic E-state index is 13.0. The average Bonchev–Trinajstić information content (AvgIpc) is 2.54. The molecule has 0 saturated carbocycles. The molecule has 24 heavy (non-hydrogen) atoms. The predicted molar refractivity (Wildman–Crippen MR) is 84.2 cm³/mol. The Bertz CT molecular complexity index is 791. The number of rotatable bonds is 3. The van der Waals surface area contributed by atoms with Gasteiger partial charge in [0.25, 0.3) is 11.8 Å². The van der Waals surface area contributed by atoms with Crippen LogP contribution in [0.1, 0.15) is 26.3 Å². The van der Waals surface area contributed by atoms with E-state index in [0.717, 1.165) is 12.1 Å². The first kappa shape index (κ1) is 17.8. The van der Waals surface area contributed by atoms with Crippen LogP contribution in [0.2, 0.25) is 5.02 Å². The van der Waals surface area contributed by atoms with Crippen molar-refractivity contribution in [3.63, 3.8) is 0 Å². The molecule has 0 heterocycles. The summed E-state index contributed by atoms with van der Waals surface area (Å²) in [6.07, 6.45) is -4.67. The van der Waals surface area contributed by atoms with Gasteiger partial charge in [-0.05, 0) is 30.3 Å². The van der Waals surface area contributed by atoms with Crippen LogP contribution in [-0.4, -0.2) is 18.9 Å². The van der Waals surface area contributed by atoms with Crippen molar-refractivity contribution in [3.8, 4) is 0 Å². The molecule has 0 atom stereocenters. The van der Waals surface area contributed by atoms with Crippen LogP contribution in [0, 0.1) is 0 Å². The third-order valence-corrected chi connectivity index (χ3v) is 3.41. The molecule has 2 aromatic carbocycles. The van der Waals surface area contributed by atoms with Crippen LogP contribution in [0.4, 0.5) is 18.9 Å². The van der Waals surface area contributed by atoms with Gasteiger partial charge in [0.15, 0.2) is 0 Å². The topological polar surface area (TPSA) is 58.2 Å². The first-order valence-electron chi connectivity index (χ1n) is 6.73. The first-order valence-corrected chi connectivity index (χ1v) is 7.11. The number of amides is 2. The van der Waals surface area contributed by atoms with Crippen molar-refractivity contribution in [2.24, 2.45) is 0 Å². The van der Waals surface area contributed by atoms with Gasteiger partial charge < -0.3 is 10.6 Å². The molecule has 2 aromatic rings. The summed E-state index contributed by atoms with van der Waals surface area (Å²) < 4.78 is 39.0. The maximum Gasteiger partial charge on any atom is 0.417 e. The van der Waals surface area contributed by atoms with E-state index in [-0.39, 0.29) is 16.3 Å². The Kier molecular flexibility index (Phi) is 5.14. The summed E-state index contributed by atoms with van der Waals surface area (Å²) in [5.41, 5.74) is -1.50. The lowest BCUT2D eigenvalue weighted by atomic mass is 10.1. The van der Waals surface area contributed by atoms with Crippen molar-refractivity contribution in [2.45, 2.75) is 6.18 Å². The second kappa shape index (κ2) is 6.92. The summed E-state index contributed by atoms with van der Waals surface area (Å²) in [6, 6.07) is 8.47. The lowest BCUT2D eigenvalue weighted by Crippen LogP contribution is -2.23. The molecule has 0 saturated heterocycles. The maximum atomic E-state index is 13.0. The van der Waals surface area contributed by atoms with E-state index in [9.17, 15) is 22.8 Å². The number of nitrogens with one attached hydrogen (secondary N) is 2. The number of hydrogen-bond donors (Lipinski definition) is 2. The molecule has 126 valence electrons. The lowest BCUT2D eigenvalue weighted by molar-refractivity contribution is -0.137. The molecular formula is C16H12ClF3N2O2. The van der Waals surface area contributed by atoms with E-state index in [1.807, 2.05) is 0 Å². The van der Waals surface area contributed by atoms with Crippen LogP contribution in [0.5, 0.6) is 0 Å². The van der Waals surface area contributed by atoms with Crippen molar-refractivity contribution in [2.75, 3.05) is 12.4 Å². The van der Waals surface area contributed by atoms with Gasteiger partial charge in [0.2, 0.25) is 0 Å². The molecule has 0 unspecified atom stereocenters. The fourth-order valence-corrected chi connectivity index (χ4v) is 2.24. The molecule has 0 radical (unpaired) electrons. The standard InChI is InChI=1S/C16H12ClF3N2O2/c1-21-14(23)11-8-9(17)6-7-13(11)22-15(24)10-4-2-3-5-12(10)16(18,19)20/h2-8H,1H3,(H,21,23)(H,22,24). The Morgan fingerprint density at radius 3 is 2.29 bits per heavy atom. The van der Waals surface area contributed by atoms with Gasteiger partial charge in [-0.2, -0.15) is 13.2 Å². The van der Waals surface area contributed by atoms with E-state index in [2.05, 4.69) is 10.6 Å². The molecule has 0 aliphatic rings. The van der Waals surface area contributed by atoms with Crippen molar-refractivity contribution < 1.29 is 22.8 Å². The lowest BCUT2D eigenvalue weighted by Gasteiger charge is -2.14. The van der Waals surface area contributed by atoms with Gasteiger partial charge in [0.1, 0.15) is 0 Å². The van der Waals surface area contributed by atoms with Gasteiger partial charge in [-0.15, -0.1) is 0 Å². The largest absolute Gasteiger partial charge is 0.417 e.